The Hall–Kier alpha value is -3.65. The maximum Gasteiger partial charge on any atom is 0.252 e. The molecule has 1 amide bonds. The van der Waals surface area contributed by atoms with Crippen LogP contribution in [0.4, 0.5) is 5.69 Å². The number of amidine groups is 1. The molecule has 0 unspecified atom stereocenters. The number of aromatic nitrogens is 3. The third kappa shape index (κ3) is 5.54. The van der Waals surface area contributed by atoms with Crippen molar-refractivity contribution >= 4 is 28.4 Å². The molecule has 2 aromatic heterocycles. The minimum absolute atomic E-state index is 0.0483. The van der Waals surface area contributed by atoms with Crippen molar-refractivity contribution in [2.24, 2.45) is 10.1 Å². The highest BCUT2D eigenvalue weighted by Gasteiger charge is 2.27. The van der Waals surface area contributed by atoms with Crippen molar-refractivity contribution in [3.05, 3.63) is 65.9 Å². The first-order valence-corrected chi connectivity index (χ1v) is 12.1. The Kier molecular flexibility index (Phi) is 6.67. The van der Waals surface area contributed by atoms with E-state index in [2.05, 4.69) is 24.4 Å². The van der Waals surface area contributed by atoms with Gasteiger partial charge in [-0.25, -0.2) is 9.97 Å². The molecule has 0 bridgehead atoms. The number of rotatable bonds is 8. The van der Waals surface area contributed by atoms with Crippen molar-refractivity contribution in [3.63, 3.8) is 0 Å². The molecule has 1 aromatic carbocycles. The molecule has 0 fully saturated rings. The van der Waals surface area contributed by atoms with Crippen LogP contribution in [0.2, 0.25) is 0 Å². The number of benzene rings is 1. The second-order valence-electron chi connectivity index (χ2n) is 8.45. The summed E-state index contributed by atoms with van der Waals surface area (Å²) in [6.45, 7) is 4.06. The van der Waals surface area contributed by atoms with Gasteiger partial charge in [0.2, 0.25) is 0 Å². The molecule has 13 heteroatoms. The van der Waals surface area contributed by atoms with Gasteiger partial charge in [0, 0.05) is 31.3 Å². The Morgan fingerprint density at radius 1 is 1.26 bits per heavy atom. The molecule has 0 aliphatic carbocycles. The van der Waals surface area contributed by atoms with Crippen molar-refractivity contribution in [2.75, 3.05) is 18.4 Å². The topological polar surface area (TPSA) is 169 Å². The molecule has 12 nitrogen and oxygen atoms in total. The van der Waals surface area contributed by atoms with Crippen molar-refractivity contribution < 1.29 is 23.4 Å². The number of nitrogens with one attached hydrogen (secondary N) is 2. The summed E-state index contributed by atoms with van der Waals surface area (Å²) in [6.07, 6.45) is 4.95. The van der Waals surface area contributed by atoms with Gasteiger partial charge in [-0.1, -0.05) is 6.07 Å². The fourth-order valence-electron chi connectivity index (χ4n) is 3.50. The summed E-state index contributed by atoms with van der Waals surface area (Å²) >= 11 is 0. The maximum absolute atomic E-state index is 13.0. The molecule has 3 aromatic rings. The van der Waals surface area contributed by atoms with Crippen molar-refractivity contribution in [3.8, 4) is 11.6 Å². The number of carbonyl (C=O) groups is 1. The highest BCUT2D eigenvalue weighted by Crippen LogP contribution is 2.46. The molecule has 3 heterocycles. The molecule has 0 spiro atoms. The van der Waals surface area contributed by atoms with Gasteiger partial charge in [-0.3, -0.25) is 23.2 Å². The van der Waals surface area contributed by atoms with E-state index < -0.39 is 16.5 Å². The summed E-state index contributed by atoms with van der Waals surface area (Å²) < 4.78 is 38.8. The minimum Gasteiger partial charge on any atom is -0.490 e. The van der Waals surface area contributed by atoms with E-state index in [1.54, 1.807) is 60.6 Å². The molecule has 0 saturated heterocycles. The Morgan fingerprint density at radius 3 is 2.83 bits per heavy atom. The molecule has 6 N–H and O–H groups in total. The number of methoxy groups -OCH3 is 1. The van der Waals surface area contributed by atoms with Crippen molar-refractivity contribution in [2.45, 2.75) is 26.0 Å². The predicted octanol–water partition coefficient (Wildman–Crippen LogP) is 2.71. The average Bonchev–Trinajstić information content (AvgIpc) is 3.25. The van der Waals surface area contributed by atoms with Crippen molar-refractivity contribution in [1.29, 1.82) is 0 Å². The number of fused-ring (bicyclic) bond motifs is 1. The fraction of sp³-hybridized carbons (Fsp3) is 0.273. The van der Waals surface area contributed by atoms with Crippen LogP contribution in [-0.4, -0.2) is 54.6 Å². The standard InChI is InChI=1S/C22H27N7O5S/c1-22(2,13-34-16-6-4-5-15-19(16)20(23)28-35(31,32)27-15)26-21(30)14-7-8-24-17(11-14)29-10-9-25-18(29)12-33-3/h4-11,27,31-32H,12-13H2,1-3H3,(H2,23,28)(H,26,30). The molecule has 35 heavy (non-hydrogen) atoms. The van der Waals surface area contributed by atoms with Crippen LogP contribution in [0.25, 0.3) is 5.82 Å². The molecule has 1 aliphatic heterocycles. The van der Waals surface area contributed by atoms with Gasteiger partial charge in [-0.15, -0.1) is 4.40 Å². The first kappa shape index (κ1) is 24.5. The van der Waals surface area contributed by atoms with Gasteiger partial charge in [0.05, 0.1) is 16.8 Å². The second kappa shape index (κ2) is 9.54. The SMILES string of the molecule is COCc1nccn1-c1cc(C(=O)NC(C)(C)COc2cccc3c2C(N)=NS(O)(O)N3)ccn1. The van der Waals surface area contributed by atoms with Crippen molar-refractivity contribution in [1.82, 2.24) is 19.9 Å². The van der Waals surface area contributed by atoms with E-state index in [1.807, 2.05) is 13.8 Å². The molecule has 4 rings (SSSR count). The van der Waals surface area contributed by atoms with Crippen LogP contribution in [0, 0.1) is 0 Å². The molecule has 186 valence electrons. The van der Waals surface area contributed by atoms with Crippen LogP contribution in [0.3, 0.4) is 0 Å². The summed E-state index contributed by atoms with van der Waals surface area (Å²) in [7, 11) is -1.82. The summed E-state index contributed by atoms with van der Waals surface area (Å²) in [5.74, 6) is 1.25. The van der Waals surface area contributed by atoms with Crippen LogP contribution in [0.5, 0.6) is 5.75 Å². The number of hydrogen-bond donors (Lipinski definition) is 5. The van der Waals surface area contributed by atoms with E-state index in [-0.39, 0.29) is 18.3 Å². The van der Waals surface area contributed by atoms with Gasteiger partial charge < -0.3 is 20.5 Å². The van der Waals surface area contributed by atoms with Gasteiger partial charge in [-0.2, -0.15) is 0 Å². The Labute approximate surface area is 203 Å². The maximum atomic E-state index is 13.0. The number of pyridine rings is 1. The lowest BCUT2D eigenvalue weighted by Gasteiger charge is -2.34. The fourth-order valence-corrected chi connectivity index (χ4v) is 4.37. The van der Waals surface area contributed by atoms with E-state index in [9.17, 15) is 13.9 Å². The molecule has 0 saturated carbocycles. The Balaban J connectivity index is 1.46. The van der Waals surface area contributed by atoms with E-state index in [4.69, 9.17) is 15.2 Å². The first-order valence-electron chi connectivity index (χ1n) is 10.6. The zero-order valence-corrected chi connectivity index (χ0v) is 20.2. The third-order valence-electron chi connectivity index (χ3n) is 5.04. The Bertz CT molecular complexity index is 1270. The number of ether oxygens (including phenoxy) is 2. The number of hydrogen-bond acceptors (Lipinski definition) is 10. The summed E-state index contributed by atoms with van der Waals surface area (Å²) in [5, 5.41) is 2.97. The molecule has 0 atom stereocenters. The lowest BCUT2D eigenvalue weighted by Crippen LogP contribution is -2.48. The molecular weight excluding hydrogens is 474 g/mol. The zero-order valence-electron chi connectivity index (χ0n) is 19.4. The van der Waals surface area contributed by atoms with E-state index >= 15 is 0 Å². The van der Waals surface area contributed by atoms with E-state index in [0.717, 1.165) is 0 Å². The van der Waals surface area contributed by atoms with Crippen LogP contribution >= 0.6 is 11.0 Å². The summed E-state index contributed by atoms with van der Waals surface area (Å²) in [6, 6.07) is 8.31. The molecular formula is C22H27N7O5S. The number of amides is 1. The Morgan fingerprint density at radius 2 is 2.06 bits per heavy atom. The van der Waals surface area contributed by atoms with Gasteiger partial charge >= 0.3 is 0 Å². The molecule has 0 radical (unpaired) electrons. The highest BCUT2D eigenvalue weighted by molar-refractivity contribution is 8.24. The predicted molar refractivity (Wildman–Crippen MR) is 133 cm³/mol. The minimum atomic E-state index is -3.40. The lowest BCUT2D eigenvalue weighted by atomic mass is 10.1. The van der Waals surface area contributed by atoms with Crippen LogP contribution in [0.1, 0.15) is 35.6 Å². The van der Waals surface area contributed by atoms with E-state index in [1.165, 1.54) is 0 Å². The van der Waals surface area contributed by atoms with Crippen LogP contribution in [0.15, 0.2) is 53.3 Å². The number of imidazole rings is 1. The van der Waals surface area contributed by atoms with Gasteiger partial charge in [0.1, 0.15) is 30.6 Å². The molecule has 1 aliphatic rings. The number of carbonyl (C=O) groups excluding carboxylic acids is 1. The van der Waals surface area contributed by atoms with Gasteiger partial charge in [0.15, 0.2) is 5.84 Å². The normalized spacial score (nSPS) is 15.4. The van der Waals surface area contributed by atoms with Crippen LogP contribution in [-0.2, 0) is 11.3 Å². The largest absolute Gasteiger partial charge is 0.490 e. The lowest BCUT2D eigenvalue weighted by molar-refractivity contribution is 0.0880. The number of nitrogens with zero attached hydrogens (tertiary/aromatic N) is 4. The number of anilines is 1. The van der Waals surface area contributed by atoms with Crippen LogP contribution < -0.4 is 20.5 Å². The zero-order chi connectivity index (χ0) is 25.2. The summed E-state index contributed by atoms with van der Waals surface area (Å²) in [5.41, 5.74) is 6.42. The first-order chi connectivity index (χ1) is 16.6. The quantitative estimate of drug-likeness (QED) is 0.311. The highest BCUT2D eigenvalue weighted by atomic mass is 32.3. The number of nitrogens with two attached hydrogens (primary N) is 1. The average molecular weight is 502 g/mol. The van der Waals surface area contributed by atoms with E-state index in [0.29, 0.717) is 40.8 Å². The monoisotopic (exact) mass is 501 g/mol. The smallest absolute Gasteiger partial charge is 0.252 e. The van der Waals surface area contributed by atoms with Gasteiger partial charge in [-0.05, 0) is 49.1 Å². The van der Waals surface area contributed by atoms with Gasteiger partial charge in [0.25, 0.3) is 5.91 Å². The summed E-state index contributed by atoms with van der Waals surface area (Å²) in [4.78, 5) is 21.6. The third-order valence-corrected chi connectivity index (χ3v) is 5.99. The second-order valence-corrected chi connectivity index (χ2v) is 9.88.